The van der Waals surface area contributed by atoms with Crippen LogP contribution < -0.4 is 5.32 Å². The number of Topliss-reactive ketones (excluding diaryl/α,β-unsaturated/α-hetero) is 2. The fourth-order valence-corrected chi connectivity index (χ4v) is 1.33. The Morgan fingerprint density at radius 2 is 1.90 bits per heavy atom. The molecule has 124 valence electrons. The lowest BCUT2D eigenvalue weighted by atomic mass is 9.94. The van der Waals surface area contributed by atoms with E-state index >= 15 is 0 Å². The summed E-state index contributed by atoms with van der Waals surface area (Å²) in [6.07, 6.45) is 0.301. The molecule has 1 rings (SSSR count). The van der Waals surface area contributed by atoms with Crippen LogP contribution in [0.3, 0.4) is 0 Å². The number of hydrogen-bond acceptors (Lipinski definition) is 7. The topological polar surface area (TPSA) is 102 Å². The molecule has 1 heterocycles. The third kappa shape index (κ3) is 9.28. The van der Waals surface area contributed by atoms with Crippen LogP contribution in [0.25, 0.3) is 0 Å². The van der Waals surface area contributed by atoms with Gasteiger partial charge in [-0.3, -0.25) is 14.8 Å². The van der Waals surface area contributed by atoms with E-state index < -0.39 is 23.3 Å². The maximum atomic E-state index is 11.4. The molecule has 0 bridgehead atoms. The molecule has 2 N–H and O–H groups in total. The first kappa shape index (κ1) is 22.0. The van der Waals surface area contributed by atoms with Gasteiger partial charge in [0.1, 0.15) is 11.7 Å². The Morgan fingerprint density at radius 1 is 1.38 bits per heavy atom. The molecule has 0 amide bonds. The standard InChI is InChI=1S/C9H13NO4.C4H10O2.CH4/c1-2-14-9(13)8(12)6-5-10-4-3-7(6)11;1-4(2,3)6-5;/h6,10H,2-5H2,1H3;5H,1-3H3;1H4. The van der Waals surface area contributed by atoms with Crippen molar-refractivity contribution >= 4 is 17.5 Å². The summed E-state index contributed by atoms with van der Waals surface area (Å²) < 4.78 is 4.54. The van der Waals surface area contributed by atoms with Crippen LogP contribution >= 0.6 is 0 Å². The normalized spacial score (nSPS) is 18.0. The molecule has 1 saturated heterocycles. The van der Waals surface area contributed by atoms with Gasteiger partial charge >= 0.3 is 5.97 Å². The number of nitrogens with one attached hydrogen (secondary N) is 1. The smallest absolute Gasteiger partial charge is 0.375 e. The Morgan fingerprint density at radius 3 is 2.29 bits per heavy atom. The zero-order chi connectivity index (χ0) is 15.8. The van der Waals surface area contributed by atoms with Gasteiger partial charge in [0.05, 0.1) is 12.2 Å². The highest BCUT2D eigenvalue weighted by Gasteiger charge is 2.33. The van der Waals surface area contributed by atoms with Crippen molar-refractivity contribution in [2.45, 2.75) is 47.1 Å². The second kappa shape index (κ2) is 10.4. The van der Waals surface area contributed by atoms with E-state index in [2.05, 4.69) is 14.9 Å². The molecule has 1 unspecified atom stereocenters. The summed E-state index contributed by atoms with van der Waals surface area (Å²) in [5.41, 5.74) is -0.403. The maximum Gasteiger partial charge on any atom is 0.375 e. The van der Waals surface area contributed by atoms with Gasteiger partial charge in [-0.05, 0) is 27.7 Å². The van der Waals surface area contributed by atoms with Crippen LogP contribution in [0, 0.1) is 5.92 Å². The van der Waals surface area contributed by atoms with Crippen molar-refractivity contribution in [1.82, 2.24) is 5.32 Å². The first-order valence-corrected chi connectivity index (χ1v) is 6.50. The van der Waals surface area contributed by atoms with Gasteiger partial charge in [-0.1, -0.05) is 7.43 Å². The molecule has 0 aromatic carbocycles. The molecule has 0 aliphatic carbocycles. The molecule has 1 atom stereocenters. The highest BCUT2D eigenvalue weighted by atomic mass is 17.1. The van der Waals surface area contributed by atoms with E-state index in [1.165, 1.54) is 0 Å². The third-order valence-electron chi connectivity index (χ3n) is 2.35. The van der Waals surface area contributed by atoms with Crippen molar-refractivity contribution in [3.05, 3.63) is 0 Å². The fourth-order valence-electron chi connectivity index (χ4n) is 1.33. The van der Waals surface area contributed by atoms with Gasteiger partial charge in [0.15, 0.2) is 0 Å². The molecule has 7 heteroatoms. The molecule has 1 aliphatic heterocycles. The minimum atomic E-state index is -0.908. The van der Waals surface area contributed by atoms with Gasteiger partial charge < -0.3 is 10.1 Å². The number of esters is 1. The largest absolute Gasteiger partial charge is 0.460 e. The van der Waals surface area contributed by atoms with Crippen molar-refractivity contribution < 1.29 is 29.3 Å². The van der Waals surface area contributed by atoms with Gasteiger partial charge in [-0.2, -0.15) is 0 Å². The second-order valence-electron chi connectivity index (χ2n) is 5.26. The summed E-state index contributed by atoms with van der Waals surface area (Å²) in [7, 11) is 0. The van der Waals surface area contributed by atoms with Gasteiger partial charge in [0.25, 0.3) is 5.78 Å². The van der Waals surface area contributed by atoms with Gasteiger partial charge in [-0.25, -0.2) is 9.68 Å². The molecule has 0 aromatic rings. The highest BCUT2D eigenvalue weighted by molar-refractivity contribution is 6.38. The average molecular weight is 305 g/mol. The molecular weight excluding hydrogens is 278 g/mol. The first-order valence-electron chi connectivity index (χ1n) is 6.50. The Labute approximate surface area is 125 Å². The van der Waals surface area contributed by atoms with Gasteiger partial charge in [-0.15, -0.1) is 0 Å². The maximum absolute atomic E-state index is 11.4. The minimum absolute atomic E-state index is 0. The molecule has 0 radical (unpaired) electrons. The lowest BCUT2D eigenvalue weighted by molar-refractivity contribution is -0.306. The lowest BCUT2D eigenvalue weighted by Crippen LogP contribution is -2.44. The van der Waals surface area contributed by atoms with E-state index in [4.69, 9.17) is 5.26 Å². The number of hydrogen-bond donors (Lipinski definition) is 2. The van der Waals surface area contributed by atoms with E-state index in [1.807, 2.05) is 0 Å². The van der Waals surface area contributed by atoms with Crippen LogP contribution in [0.1, 0.15) is 41.5 Å². The highest BCUT2D eigenvalue weighted by Crippen LogP contribution is 2.08. The summed E-state index contributed by atoms with van der Waals surface area (Å²) >= 11 is 0. The molecule has 0 aromatic heterocycles. The number of piperidine rings is 1. The Hall–Kier alpha value is -1.31. The van der Waals surface area contributed by atoms with Crippen LogP contribution in [-0.4, -0.2) is 48.1 Å². The van der Waals surface area contributed by atoms with Gasteiger partial charge in [0, 0.05) is 19.5 Å². The monoisotopic (exact) mass is 305 g/mol. The predicted octanol–water partition coefficient (Wildman–Crippen LogP) is 1.21. The second-order valence-corrected chi connectivity index (χ2v) is 5.26. The van der Waals surface area contributed by atoms with Crippen LogP contribution in [0.2, 0.25) is 0 Å². The van der Waals surface area contributed by atoms with Crippen LogP contribution in [-0.2, 0) is 24.0 Å². The fraction of sp³-hybridized carbons (Fsp3) is 0.786. The van der Waals surface area contributed by atoms with Crippen molar-refractivity contribution in [3.8, 4) is 0 Å². The molecular formula is C14H27NO6. The Bertz CT molecular complexity index is 348. The van der Waals surface area contributed by atoms with E-state index in [0.717, 1.165) is 0 Å². The molecule has 0 saturated carbocycles. The lowest BCUT2D eigenvalue weighted by Gasteiger charge is -2.19. The SMILES string of the molecule is C.CC(C)(C)OO.CCOC(=O)C(=O)C1CNCCC1=O. The first-order chi connectivity index (χ1) is 9.22. The number of rotatable bonds is 3. The summed E-state index contributed by atoms with van der Waals surface area (Å²) in [6, 6.07) is 0. The number of carbonyl (C=O) groups is 3. The van der Waals surface area contributed by atoms with Crippen LogP contribution in [0.5, 0.6) is 0 Å². The minimum Gasteiger partial charge on any atom is -0.460 e. The molecule has 7 nitrogen and oxygen atoms in total. The van der Waals surface area contributed by atoms with Crippen molar-refractivity contribution in [3.63, 3.8) is 0 Å². The Balaban J connectivity index is 0. The van der Waals surface area contributed by atoms with Crippen LogP contribution in [0.4, 0.5) is 0 Å². The molecule has 21 heavy (non-hydrogen) atoms. The predicted molar refractivity (Wildman–Crippen MR) is 77.8 cm³/mol. The Kier molecular flexibility index (Phi) is 10.9. The molecule has 1 aliphatic rings. The quantitative estimate of drug-likeness (QED) is 0.265. The van der Waals surface area contributed by atoms with Crippen molar-refractivity contribution in [2.75, 3.05) is 19.7 Å². The zero-order valence-corrected chi connectivity index (χ0v) is 12.4. The molecule has 0 spiro atoms. The van der Waals surface area contributed by atoms with Crippen LogP contribution in [0.15, 0.2) is 0 Å². The summed E-state index contributed by atoms with van der Waals surface area (Å²) in [6.45, 7) is 7.90. The third-order valence-corrected chi connectivity index (χ3v) is 2.35. The van der Waals surface area contributed by atoms with Gasteiger partial charge in [0.2, 0.25) is 0 Å². The van der Waals surface area contributed by atoms with Crippen molar-refractivity contribution in [2.24, 2.45) is 5.92 Å². The number of carbonyl (C=O) groups excluding carboxylic acids is 3. The van der Waals surface area contributed by atoms with E-state index in [9.17, 15) is 14.4 Å². The summed E-state index contributed by atoms with van der Waals surface area (Å²) in [5, 5.41) is 10.8. The average Bonchev–Trinajstić information content (AvgIpc) is 2.38. The number of ether oxygens (including phenoxy) is 1. The summed E-state index contributed by atoms with van der Waals surface area (Å²) in [4.78, 5) is 37.6. The van der Waals surface area contributed by atoms with E-state index in [1.54, 1.807) is 27.7 Å². The zero-order valence-electron chi connectivity index (χ0n) is 12.4. The van der Waals surface area contributed by atoms with Crippen molar-refractivity contribution in [1.29, 1.82) is 0 Å². The van der Waals surface area contributed by atoms with E-state index in [-0.39, 0.29) is 26.4 Å². The summed E-state index contributed by atoms with van der Waals surface area (Å²) in [5.74, 6) is -2.66. The van der Waals surface area contributed by atoms with E-state index in [0.29, 0.717) is 13.0 Å². The molecule has 1 fully saturated rings. The number of ketones is 2.